The summed E-state index contributed by atoms with van der Waals surface area (Å²) in [5.74, 6) is 1.02. The highest BCUT2D eigenvalue weighted by molar-refractivity contribution is 7.10. The number of ether oxygens (including phenoxy) is 3. The van der Waals surface area contributed by atoms with E-state index >= 15 is 0 Å². The quantitative estimate of drug-likeness (QED) is 0.529. The van der Waals surface area contributed by atoms with Gasteiger partial charge < -0.3 is 19.5 Å². The third-order valence-corrected chi connectivity index (χ3v) is 6.45. The van der Waals surface area contributed by atoms with E-state index in [-0.39, 0.29) is 11.9 Å². The number of carbonyl (C=O) groups is 1. The van der Waals surface area contributed by atoms with Gasteiger partial charge in [0.05, 0.1) is 26.4 Å². The van der Waals surface area contributed by atoms with Crippen LogP contribution in [0.5, 0.6) is 11.5 Å². The monoisotopic (exact) mass is 452 g/mol. The molecule has 1 aromatic heterocycles. The van der Waals surface area contributed by atoms with Gasteiger partial charge in [0.1, 0.15) is 6.61 Å². The Morgan fingerprint density at radius 2 is 1.91 bits per heavy atom. The Kier molecular flexibility index (Phi) is 7.77. The molecule has 1 aliphatic heterocycles. The molecule has 0 aliphatic carbocycles. The molecule has 4 rings (SSSR count). The zero-order valence-electron chi connectivity index (χ0n) is 18.2. The number of amides is 1. The molecular formula is C25H28N2O4S. The standard InChI is InChI=1S/C25H28N2O4S/c1-29-23-16-20(9-10-22(23)31-18-19-6-3-2-4-7-19)25(28)26-17-21(24-8-5-15-32-24)27-11-13-30-14-12-27/h2-10,15-16,21H,11-14,17-18H2,1H3,(H,26,28)/t21-/m1/s1. The highest BCUT2D eigenvalue weighted by Gasteiger charge is 2.24. The second-order valence-electron chi connectivity index (χ2n) is 7.53. The van der Waals surface area contributed by atoms with Crippen LogP contribution in [-0.4, -0.2) is 50.8 Å². The number of hydrogen-bond donors (Lipinski definition) is 1. The van der Waals surface area contributed by atoms with E-state index in [9.17, 15) is 4.79 Å². The van der Waals surface area contributed by atoms with Gasteiger partial charge in [-0.2, -0.15) is 0 Å². The summed E-state index contributed by atoms with van der Waals surface area (Å²) in [6.45, 7) is 4.13. The number of benzene rings is 2. The normalized spacial score (nSPS) is 15.2. The van der Waals surface area contributed by atoms with Crippen molar-refractivity contribution in [3.05, 3.63) is 82.0 Å². The Balaban J connectivity index is 1.40. The molecule has 0 unspecified atom stereocenters. The first-order valence-corrected chi connectivity index (χ1v) is 11.6. The van der Waals surface area contributed by atoms with E-state index in [2.05, 4.69) is 21.7 Å². The maximum Gasteiger partial charge on any atom is 0.251 e. The number of nitrogens with one attached hydrogen (secondary N) is 1. The van der Waals surface area contributed by atoms with Gasteiger partial charge in [0.15, 0.2) is 11.5 Å². The maximum absolute atomic E-state index is 12.9. The number of morpholine rings is 1. The van der Waals surface area contributed by atoms with Crippen LogP contribution in [0.4, 0.5) is 0 Å². The molecule has 168 valence electrons. The van der Waals surface area contributed by atoms with Crippen molar-refractivity contribution in [2.75, 3.05) is 40.0 Å². The summed E-state index contributed by atoms with van der Waals surface area (Å²) in [6, 6.07) is 19.5. The Morgan fingerprint density at radius 3 is 2.62 bits per heavy atom. The number of thiophene rings is 1. The van der Waals surface area contributed by atoms with Gasteiger partial charge >= 0.3 is 0 Å². The van der Waals surface area contributed by atoms with Crippen LogP contribution in [0.1, 0.15) is 26.8 Å². The predicted octanol–water partition coefficient (Wildman–Crippen LogP) is 4.14. The molecular weight excluding hydrogens is 424 g/mol. The Hall–Kier alpha value is -2.87. The molecule has 1 saturated heterocycles. The number of rotatable bonds is 9. The van der Waals surface area contributed by atoms with Crippen LogP contribution >= 0.6 is 11.3 Å². The van der Waals surface area contributed by atoms with Crippen LogP contribution in [-0.2, 0) is 11.3 Å². The van der Waals surface area contributed by atoms with Crippen molar-refractivity contribution >= 4 is 17.2 Å². The van der Waals surface area contributed by atoms with Crippen molar-refractivity contribution in [1.29, 1.82) is 0 Å². The fourth-order valence-electron chi connectivity index (χ4n) is 3.73. The predicted molar refractivity (Wildman–Crippen MR) is 126 cm³/mol. The minimum Gasteiger partial charge on any atom is -0.493 e. The number of methoxy groups -OCH3 is 1. The van der Waals surface area contributed by atoms with Gasteiger partial charge in [0.2, 0.25) is 0 Å². The van der Waals surface area contributed by atoms with Crippen LogP contribution in [0.25, 0.3) is 0 Å². The summed E-state index contributed by atoms with van der Waals surface area (Å²) in [5, 5.41) is 5.18. The zero-order valence-corrected chi connectivity index (χ0v) is 19.0. The lowest BCUT2D eigenvalue weighted by molar-refractivity contribution is 0.0169. The lowest BCUT2D eigenvalue weighted by Crippen LogP contribution is -2.43. The second-order valence-corrected chi connectivity index (χ2v) is 8.51. The molecule has 3 aromatic rings. The summed E-state index contributed by atoms with van der Waals surface area (Å²) in [4.78, 5) is 16.5. The average molecular weight is 453 g/mol. The molecule has 1 aliphatic rings. The minimum absolute atomic E-state index is 0.132. The van der Waals surface area contributed by atoms with E-state index in [1.807, 2.05) is 36.4 Å². The van der Waals surface area contributed by atoms with Crippen molar-refractivity contribution in [3.8, 4) is 11.5 Å². The Morgan fingerprint density at radius 1 is 1.09 bits per heavy atom. The SMILES string of the molecule is COc1cc(C(=O)NC[C@H](c2cccs2)N2CCOCC2)ccc1OCc1ccccc1. The van der Waals surface area contributed by atoms with Gasteiger partial charge in [-0.1, -0.05) is 36.4 Å². The summed E-state index contributed by atoms with van der Waals surface area (Å²) in [5.41, 5.74) is 1.61. The van der Waals surface area contributed by atoms with Gasteiger partial charge in [-0.15, -0.1) is 11.3 Å². The first kappa shape index (κ1) is 22.3. The number of nitrogens with zero attached hydrogens (tertiary/aromatic N) is 1. The molecule has 0 saturated carbocycles. The van der Waals surface area contributed by atoms with Crippen LogP contribution in [0.2, 0.25) is 0 Å². The Bertz CT molecular complexity index is 988. The molecule has 2 heterocycles. The maximum atomic E-state index is 12.9. The van der Waals surface area contributed by atoms with E-state index in [1.54, 1.807) is 36.6 Å². The molecule has 1 amide bonds. The number of carbonyl (C=O) groups excluding carboxylic acids is 1. The summed E-state index contributed by atoms with van der Waals surface area (Å²) in [7, 11) is 1.58. The molecule has 1 N–H and O–H groups in total. The summed E-state index contributed by atoms with van der Waals surface area (Å²) < 4.78 is 16.9. The van der Waals surface area contributed by atoms with Crippen molar-refractivity contribution in [3.63, 3.8) is 0 Å². The fraction of sp³-hybridized carbons (Fsp3) is 0.320. The lowest BCUT2D eigenvalue weighted by Gasteiger charge is -2.34. The summed E-state index contributed by atoms with van der Waals surface area (Å²) >= 11 is 1.71. The van der Waals surface area contributed by atoms with E-state index in [0.717, 1.165) is 31.9 Å². The van der Waals surface area contributed by atoms with Crippen molar-refractivity contribution < 1.29 is 19.0 Å². The van der Waals surface area contributed by atoms with E-state index in [1.165, 1.54) is 4.88 Å². The van der Waals surface area contributed by atoms with Gasteiger partial charge in [-0.05, 0) is 35.2 Å². The highest BCUT2D eigenvalue weighted by atomic mass is 32.1. The highest BCUT2D eigenvalue weighted by Crippen LogP contribution is 2.29. The first-order chi connectivity index (χ1) is 15.7. The van der Waals surface area contributed by atoms with E-state index in [0.29, 0.717) is 30.2 Å². The van der Waals surface area contributed by atoms with Crippen molar-refractivity contribution in [2.45, 2.75) is 12.6 Å². The van der Waals surface area contributed by atoms with E-state index < -0.39 is 0 Å². The first-order valence-electron chi connectivity index (χ1n) is 10.7. The molecule has 0 spiro atoms. The van der Waals surface area contributed by atoms with Gasteiger partial charge in [-0.3, -0.25) is 9.69 Å². The molecule has 7 heteroatoms. The average Bonchev–Trinajstić information content (AvgIpc) is 3.38. The van der Waals surface area contributed by atoms with Crippen LogP contribution in [0.15, 0.2) is 66.0 Å². The lowest BCUT2D eigenvalue weighted by atomic mass is 10.1. The topological polar surface area (TPSA) is 60.0 Å². The van der Waals surface area contributed by atoms with Crippen molar-refractivity contribution in [2.24, 2.45) is 0 Å². The third-order valence-electron chi connectivity index (χ3n) is 5.48. The minimum atomic E-state index is -0.132. The number of hydrogen-bond acceptors (Lipinski definition) is 6. The zero-order chi connectivity index (χ0) is 22.2. The molecule has 1 atom stereocenters. The van der Waals surface area contributed by atoms with E-state index in [4.69, 9.17) is 14.2 Å². The summed E-state index contributed by atoms with van der Waals surface area (Å²) in [6.07, 6.45) is 0. The van der Waals surface area contributed by atoms with Crippen LogP contribution in [0.3, 0.4) is 0 Å². The third kappa shape index (κ3) is 5.68. The second kappa shape index (κ2) is 11.1. The van der Waals surface area contributed by atoms with Gasteiger partial charge in [0.25, 0.3) is 5.91 Å². The largest absolute Gasteiger partial charge is 0.493 e. The van der Waals surface area contributed by atoms with Crippen molar-refractivity contribution in [1.82, 2.24) is 10.2 Å². The molecule has 0 bridgehead atoms. The fourth-order valence-corrected chi connectivity index (χ4v) is 4.60. The molecule has 1 fully saturated rings. The van der Waals surface area contributed by atoms with Crippen LogP contribution < -0.4 is 14.8 Å². The van der Waals surface area contributed by atoms with Crippen LogP contribution in [0, 0.1) is 0 Å². The Labute approximate surface area is 192 Å². The van der Waals surface area contributed by atoms with Gasteiger partial charge in [-0.25, -0.2) is 0 Å². The molecule has 2 aromatic carbocycles. The van der Waals surface area contributed by atoms with Gasteiger partial charge in [0, 0.05) is 30.1 Å². The smallest absolute Gasteiger partial charge is 0.251 e. The molecule has 32 heavy (non-hydrogen) atoms. The molecule has 6 nitrogen and oxygen atoms in total. The molecule has 0 radical (unpaired) electrons.